The number of fused-ring (bicyclic) bond motifs is 1. The van der Waals surface area contributed by atoms with Crippen molar-refractivity contribution in [1.82, 2.24) is 15.1 Å². The number of nitrogens with one attached hydrogen (secondary N) is 2. The molecule has 9 heteroatoms. The molecule has 2 aliphatic rings. The van der Waals surface area contributed by atoms with Crippen LogP contribution in [0, 0.1) is 0 Å². The van der Waals surface area contributed by atoms with Gasteiger partial charge in [0.25, 0.3) is 11.8 Å². The largest absolute Gasteiger partial charge is 0.384 e. The predicted molar refractivity (Wildman–Crippen MR) is 94.9 cm³/mol. The third kappa shape index (κ3) is 3.53. The first kappa shape index (κ1) is 18.6. The van der Waals surface area contributed by atoms with Gasteiger partial charge in [-0.15, -0.1) is 0 Å². The van der Waals surface area contributed by atoms with Gasteiger partial charge in [0.15, 0.2) is 0 Å². The highest BCUT2D eigenvalue weighted by Crippen LogP contribution is 2.32. The Kier molecular flexibility index (Phi) is 5.20. The van der Waals surface area contributed by atoms with Crippen LogP contribution < -0.4 is 10.6 Å². The lowest BCUT2D eigenvalue weighted by molar-refractivity contribution is -0.136. The van der Waals surface area contributed by atoms with Crippen LogP contribution in [0.5, 0.6) is 0 Å². The summed E-state index contributed by atoms with van der Waals surface area (Å²) in [6.07, 6.45) is 1.61. The maximum absolute atomic E-state index is 12.9. The lowest BCUT2D eigenvalue weighted by atomic mass is 10.0. The Hall–Kier alpha value is -3.23. The summed E-state index contributed by atoms with van der Waals surface area (Å²) in [5.41, 5.74) is 0.977. The normalized spacial score (nSPS) is 19.0. The number of anilines is 1. The van der Waals surface area contributed by atoms with Crippen LogP contribution in [0.1, 0.15) is 40.0 Å². The van der Waals surface area contributed by atoms with Crippen LogP contribution in [-0.2, 0) is 14.4 Å². The van der Waals surface area contributed by atoms with Gasteiger partial charge >= 0.3 is 0 Å². The third-order valence-corrected chi connectivity index (χ3v) is 4.65. The maximum atomic E-state index is 12.9. The molecule has 1 aromatic carbocycles. The number of imide groups is 2. The van der Waals surface area contributed by atoms with E-state index in [9.17, 15) is 24.0 Å². The minimum Gasteiger partial charge on any atom is -0.384 e. The van der Waals surface area contributed by atoms with Crippen LogP contribution in [0.4, 0.5) is 5.69 Å². The van der Waals surface area contributed by atoms with Gasteiger partial charge in [-0.05, 0) is 25.0 Å². The summed E-state index contributed by atoms with van der Waals surface area (Å²) in [6.45, 7) is 1.06. The number of nitrogens with zero attached hydrogens (tertiary/aromatic N) is 2. The van der Waals surface area contributed by atoms with E-state index in [0.717, 1.165) is 11.3 Å². The first-order chi connectivity index (χ1) is 12.9. The van der Waals surface area contributed by atoms with Crippen molar-refractivity contribution in [3.05, 3.63) is 29.3 Å². The summed E-state index contributed by atoms with van der Waals surface area (Å²) in [5.74, 6) is -2.12. The molecule has 1 unspecified atom stereocenters. The predicted octanol–water partition coefficient (Wildman–Crippen LogP) is -0.0220. The molecule has 1 atom stereocenters. The van der Waals surface area contributed by atoms with E-state index in [4.69, 9.17) is 0 Å². The number of hydrogen-bond acceptors (Lipinski definition) is 6. The number of rotatable bonds is 7. The molecule has 0 saturated carbocycles. The summed E-state index contributed by atoms with van der Waals surface area (Å²) >= 11 is 0. The van der Waals surface area contributed by atoms with Crippen LogP contribution in [-0.4, -0.2) is 66.0 Å². The molecule has 5 amide bonds. The quantitative estimate of drug-likeness (QED) is 0.395. The van der Waals surface area contributed by atoms with Crippen molar-refractivity contribution in [2.75, 3.05) is 25.5 Å². The van der Waals surface area contributed by atoms with Crippen molar-refractivity contribution < 1.29 is 24.0 Å². The number of hydrogen-bond donors (Lipinski definition) is 2. The molecule has 2 N–H and O–H groups in total. The highest BCUT2D eigenvalue weighted by molar-refractivity contribution is 6.25. The number of carbonyl (C=O) groups is 5. The Morgan fingerprint density at radius 1 is 1.26 bits per heavy atom. The summed E-state index contributed by atoms with van der Waals surface area (Å²) in [7, 11) is 1.67. The smallest absolute Gasteiger partial charge is 0.264 e. The average molecular weight is 372 g/mol. The van der Waals surface area contributed by atoms with Crippen LogP contribution in [0.15, 0.2) is 18.2 Å². The number of piperidine rings is 1. The van der Waals surface area contributed by atoms with Crippen molar-refractivity contribution in [3.63, 3.8) is 0 Å². The SMILES string of the molecule is CN(C=O)CCCNc1cccc2c1C(=O)N(C1CCC(=O)NC1=O)C2=O. The van der Waals surface area contributed by atoms with Gasteiger partial charge in [-0.1, -0.05) is 6.07 Å². The Bertz CT molecular complexity index is 822. The highest BCUT2D eigenvalue weighted by Gasteiger charge is 2.45. The van der Waals surface area contributed by atoms with Crippen molar-refractivity contribution in [1.29, 1.82) is 0 Å². The number of benzene rings is 1. The second-order valence-corrected chi connectivity index (χ2v) is 6.54. The Balaban J connectivity index is 1.77. The standard InChI is InChI=1S/C18H20N4O5/c1-21(10-23)9-3-8-19-12-5-2-4-11-15(12)18(27)22(17(11)26)13-6-7-14(24)20-16(13)25/h2,4-5,10,13,19H,3,6-9H2,1H3,(H,20,24,25). The molecule has 3 rings (SSSR count). The van der Waals surface area contributed by atoms with Crippen LogP contribution in [0.3, 0.4) is 0 Å². The lowest BCUT2D eigenvalue weighted by Gasteiger charge is -2.27. The summed E-state index contributed by atoms with van der Waals surface area (Å²) in [5, 5.41) is 5.29. The van der Waals surface area contributed by atoms with Crippen LogP contribution >= 0.6 is 0 Å². The molecule has 1 saturated heterocycles. The highest BCUT2D eigenvalue weighted by atomic mass is 16.2. The molecular weight excluding hydrogens is 352 g/mol. The molecule has 142 valence electrons. The average Bonchev–Trinajstić information content (AvgIpc) is 2.90. The minimum absolute atomic E-state index is 0.0825. The number of amides is 5. The van der Waals surface area contributed by atoms with Crippen LogP contribution in [0.25, 0.3) is 0 Å². The Morgan fingerprint density at radius 3 is 2.74 bits per heavy atom. The molecule has 1 fully saturated rings. The fourth-order valence-electron chi connectivity index (χ4n) is 3.27. The van der Waals surface area contributed by atoms with Gasteiger partial charge in [0.1, 0.15) is 6.04 Å². The second kappa shape index (κ2) is 7.56. The van der Waals surface area contributed by atoms with Gasteiger partial charge in [-0.2, -0.15) is 0 Å². The van der Waals surface area contributed by atoms with E-state index < -0.39 is 29.7 Å². The molecule has 0 aliphatic carbocycles. The van der Waals surface area contributed by atoms with E-state index in [-0.39, 0.29) is 24.0 Å². The topological polar surface area (TPSA) is 116 Å². The van der Waals surface area contributed by atoms with Gasteiger partial charge in [0.2, 0.25) is 18.2 Å². The molecule has 1 aromatic rings. The van der Waals surface area contributed by atoms with Gasteiger partial charge in [0, 0.05) is 32.2 Å². The monoisotopic (exact) mass is 372 g/mol. The summed E-state index contributed by atoms with van der Waals surface area (Å²) in [6, 6.07) is 3.93. The van der Waals surface area contributed by atoms with Gasteiger partial charge in [-0.25, -0.2) is 0 Å². The maximum Gasteiger partial charge on any atom is 0.264 e. The van der Waals surface area contributed by atoms with Crippen molar-refractivity contribution >= 4 is 35.7 Å². The van der Waals surface area contributed by atoms with E-state index >= 15 is 0 Å². The second-order valence-electron chi connectivity index (χ2n) is 6.54. The molecule has 0 aromatic heterocycles. The fraction of sp³-hybridized carbons (Fsp3) is 0.389. The number of carbonyl (C=O) groups excluding carboxylic acids is 5. The molecule has 9 nitrogen and oxygen atoms in total. The molecule has 0 spiro atoms. The van der Waals surface area contributed by atoms with Gasteiger partial charge < -0.3 is 10.2 Å². The van der Waals surface area contributed by atoms with Gasteiger partial charge in [-0.3, -0.25) is 34.2 Å². The van der Waals surface area contributed by atoms with Crippen molar-refractivity contribution in [2.45, 2.75) is 25.3 Å². The minimum atomic E-state index is -0.982. The Labute approximate surface area is 155 Å². The van der Waals surface area contributed by atoms with Crippen molar-refractivity contribution in [3.8, 4) is 0 Å². The first-order valence-corrected chi connectivity index (χ1v) is 8.68. The first-order valence-electron chi connectivity index (χ1n) is 8.68. The third-order valence-electron chi connectivity index (χ3n) is 4.65. The van der Waals surface area contributed by atoms with Gasteiger partial charge in [0.05, 0.1) is 11.1 Å². The fourth-order valence-corrected chi connectivity index (χ4v) is 3.27. The summed E-state index contributed by atoms with van der Waals surface area (Å²) < 4.78 is 0. The Morgan fingerprint density at radius 2 is 2.04 bits per heavy atom. The molecular formula is C18H20N4O5. The molecule has 0 radical (unpaired) electrons. The van der Waals surface area contributed by atoms with E-state index in [2.05, 4.69) is 10.6 Å². The van der Waals surface area contributed by atoms with E-state index in [1.807, 2.05) is 0 Å². The van der Waals surface area contributed by atoms with E-state index in [1.54, 1.807) is 25.2 Å². The zero-order chi connectivity index (χ0) is 19.6. The zero-order valence-corrected chi connectivity index (χ0v) is 14.9. The van der Waals surface area contributed by atoms with Crippen molar-refractivity contribution in [2.24, 2.45) is 0 Å². The van der Waals surface area contributed by atoms with E-state index in [1.165, 1.54) is 4.90 Å². The summed E-state index contributed by atoms with van der Waals surface area (Å²) in [4.78, 5) is 62.1. The van der Waals surface area contributed by atoms with E-state index in [0.29, 0.717) is 25.2 Å². The molecule has 0 bridgehead atoms. The van der Waals surface area contributed by atoms with Crippen LogP contribution in [0.2, 0.25) is 0 Å². The molecule has 27 heavy (non-hydrogen) atoms. The molecule has 2 aliphatic heterocycles. The molecule has 2 heterocycles. The zero-order valence-electron chi connectivity index (χ0n) is 14.9. The lowest BCUT2D eigenvalue weighted by Crippen LogP contribution is -2.54.